The number of hydrogen-bond donors (Lipinski definition) is 1. The Kier molecular flexibility index (Phi) is 3.35. The van der Waals surface area contributed by atoms with Crippen LogP contribution in [0.15, 0.2) is 28.9 Å². The normalized spacial score (nSPS) is 11.2. The van der Waals surface area contributed by atoms with Gasteiger partial charge in [-0.2, -0.15) is 0 Å². The van der Waals surface area contributed by atoms with Gasteiger partial charge in [0.15, 0.2) is 22.1 Å². The first-order chi connectivity index (χ1) is 9.47. The maximum atomic E-state index is 14.1. The highest BCUT2D eigenvalue weighted by atomic mass is 79.9. The van der Waals surface area contributed by atoms with Gasteiger partial charge in [-0.15, -0.1) is 0 Å². The lowest BCUT2D eigenvalue weighted by Crippen LogP contribution is -2.02. The summed E-state index contributed by atoms with van der Waals surface area (Å²) in [5, 5.41) is 0.401. The van der Waals surface area contributed by atoms with Gasteiger partial charge in [0.05, 0.1) is 10.5 Å². The Balaban J connectivity index is 2.41. The summed E-state index contributed by atoms with van der Waals surface area (Å²) >= 11 is 14.0. The van der Waals surface area contributed by atoms with Gasteiger partial charge in [0.1, 0.15) is 5.69 Å². The van der Waals surface area contributed by atoms with Crippen LogP contribution in [0, 0.1) is 16.4 Å². The minimum atomic E-state index is -0.745. The number of hydrogen-bond acceptors (Lipinski definition) is 2. The van der Waals surface area contributed by atoms with E-state index in [0.717, 1.165) is 12.1 Å². The lowest BCUT2D eigenvalue weighted by molar-refractivity contribution is 0.568. The third kappa shape index (κ3) is 2.15. The Labute approximate surface area is 130 Å². The lowest BCUT2D eigenvalue weighted by atomic mass is 10.3. The number of rotatable bonds is 1. The van der Waals surface area contributed by atoms with Crippen molar-refractivity contribution in [1.29, 1.82) is 0 Å². The molecule has 20 heavy (non-hydrogen) atoms. The first kappa shape index (κ1) is 13.7. The van der Waals surface area contributed by atoms with Crippen LogP contribution in [0.5, 0.6) is 0 Å². The maximum Gasteiger partial charge on any atom is 0.184 e. The maximum absolute atomic E-state index is 14.1. The Morgan fingerprint density at radius 1 is 1.25 bits per heavy atom. The fourth-order valence-corrected chi connectivity index (χ4v) is 2.77. The number of halogens is 4. The van der Waals surface area contributed by atoms with Gasteiger partial charge in [0, 0.05) is 10.7 Å². The average Bonchev–Trinajstić information content (AvgIpc) is 2.64. The minimum Gasteiger partial charge on any atom is -0.329 e. The summed E-state index contributed by atoms with van der Waals surface area (Å²) in [6, 6.07) is 3.91. The minimum absolute atomic E-state index is 0.134. The van der Waals surface area contributed by atoms with Crippen LogP contribution < -0.4 is 0 Å². The third-order valence-corrected chi connectivity index (χ3v) is 3.64. The van der Waals surface area contributed by atoms with Crippen molar-refractivity contribution in [1.82, 2.24) is 14.5 Å². The Bertz CT molecular complexity index is 867. The van der Waals surface area contributed by atoms with Crippen LogP contribution in [-0.4, -0.2) is 14.5 Å². The highest BCUT2D eigenvalue weighted by molar-refractivity contribution is 9.10. The van der Waals surface area contributed by atoms with Crippen molar-refractivity contribution in [3.05, 3.63) is 50.3 Å². The molecule has 0 saturated carbocycles. The largest absolute Gasteiger partial charge is 0.329 e. The van der Waals surface area contributed by atoms with E-state index < -0.39 is 11.6 Å². The van der Waals surface area contributed by atoms with Crippen molar-refractivity contribution in [2.24, 2.45) is 0 Å². The van der Waals surface area contributed by atoms with E-state index in [1.165, 1.54) is 10.8 Å². The molecule has 0 aliphatic carbocycles. The van der Waals surface area contributed by atoms with Crippen LogP contribution in [0.4, 0.5) is 8.78 Å². The molecule has 0 aliphatic rings. The number of imidazole rings is 1. The van der Waals surface area contributed by atoms with Crippen molar-refractivity contribution in [2.45, 2.75) is 0 Å². The molecule has 8 heteroatoms. The molecule has 0 spiro atoms. The molecule has 1 N–H and O–H groups in total. The van der Waals surface area contributed by atoms with E-state index in [1.807, 2.05) is 0 Å². The van der Waals surface area contributed by atoms with Crippen LogP contribution in [0.3, 0.4) is 0 Å². The van der Waals surface area contributed by atoms with E-state index in [0.29, 0.717) is 20.7 Å². The van der Waals surface area contributed by atoms with Gasteiger partial charge in [0.25, 0.3) is 0 Å². The van der Waals surface area contributed by atoms with E-state index in [9.17, 15) is 8.78 Å². The van der Waals surface area contributed by atoms with Gasteiger partial charge in [-0.3, -0.25) is 4.57 Å². The summed E-state index contributed by atoms with van der Waals surface area (Å²) < 4.78 is 29.8. The van der Waals surface area contributed by atoms with E-state index in [2.05, 4.69) is 25.9 Å². The number of fused-ring (bicyclic) bond motifs is 1. The summed E-state index contributed by atoms with van der Waals surface area (Å²) in [5.41, 5.74) is 0.531. The first-order valence-electron chi connectivity index (χ1n) is 5.38. The number of pyridine rings is 1. The van der Waals surface area contributed by atoms with Crippen LogP contribution in [0.2, 0.25) is 5.02 Å². The fraction of sp³-hybridized carbons (Fsp3) is 0. The summed E-state index contributed by atoms with van der Waals surface area (Å²) in [7, 11) is 0. The van der Waals surface area contributed by atoms with Crippen LogP contribution in [0.25, 0.3) is 16.9 Å². The molecular weight excluding hydrogens is 372 g/mol. The quantitative estimate of drug-likeness (QED) is 0.620. The Morgan fingerprint density at radius 3 is 2.55 bits per heavy atom. The van der Waals surface area contributed by atoms with Crippen molar-refractivity contribution < 1.29 is 8.78 Å². The SMILES string of the molecule is Fc1cc(Br)cc(F)c1-n1c(=S)[nH]c2cc(Cl)cnc21. The highest BCUT2D eigenvalue weighted by Gasteiger charge is 2.17. The number of nitrogens with zero attached hydrogens (tertiary/aromatic N) is 2. The first-order valence-corrected chi connectivity index (χ1v) is 6.96. The molecule has 0 aliphatic heterocycles. The molecule has 0 saturated heterocycles. The van der Waals surface area contributed by atoms with Gasteiger partial charge in [-0.1, -0.05) is 27.5 Å². The Hall–Kier alpha value is -1.31. The van der Waals surface area contributed by atoms with Crippen molar-refractivity contribution >= 4 is 50.9 Å². The molecule has 3 aromatic rings. The van der Waals surface area contributed by atoms with E-state index in [1.54, 1.807) is 6.07 Å². The molecule has 1 aromatic carbocycles. The van der Waals surface area contributed by atoms with Gasteiger partial charge >= 0.3 is 0 Å². The molecule has 3 nitrogen and oxygen atoms in total. The molecule has 102 valence electrons. The summed E-state index contributed by atoms with van der Waals surface area (Å²) in [4.78, 5) is 6.89. The van der Waals surface area contributed by atoms with Gasteiger partial charge in [-0.05, 0) is 30.4 Å². The van der Waals surface area contributed by atoms with Gasteiger partial charge in [-0.25, -0.2) is 13.8 Å². The second-order valence-electron chi connectivity index (χ2n) is 4.01. The molecule has 0 atom stereocenters. The fourth-order valence-electron chi connectivity index (χ4n) is 1.93. The van der Waals surface area contributed by atoms with Crippen LogP contribution in [-0.2, 0) is 0 Å². The van der Waals surface area contributed by atoms with Crippen LogP contribution in [0.1, 0.15) is 0 Å². The second-order valence-corrected chi connectivity index (χ2v) is 5.75. The molecule has 2 heterocycles. The summed E-state index contributed by atoms with van der Waals surface area (Å²) in [6.07, 6.45) is 1.39. The molecule has 0 fully saturated rings. The standard InChI is InChI=1S/C12H5BrClF2N3S/c13-5-1-7(15)10(8(16)2-5)19-11-9(18-12(19)20)3-6(14)4-17-11/h1-4H,(H,18,20). The number of aromatic amines is 1. The number of nitrogens with one attached hydrogen (secondary N) is 1. The van der Waals surface area contributed by atoms with E-state index >= 15 is 0 Å². The average molecular weight is 377 g/mol. The topological polar surface area (TPSA) is 33.6 Å². The molecule has 0 bridgehead atoms. The van der Waals surface area contributed by atoms with E-state index in [4.69, 9.17) is 23.8 Å². The zero-order valence-corrected chi connectivity index (χ0v) is 12.8. The monoisotopic (exact) mass is 375 g/mol. The van der Waals surface area contributed by atoms with Crippen molar-refractivity contribution in [2.75, 3.05) is 0 Å². The zero-order chi connectivity index (χ0) is 14.4. The molecule has 3 rings (SSSR count). The predicted octanol–water partition coefficient (Wildman–Crippen LogP) is 4.78. The van der Waals surface area contributed by atoms with Gasteiger partial charge in [0.2, 0.25) is 0 Å². The number of H-pyrrole nitrogens is 1. The van der Waals surface area contributed by atoms with Gasteiger partial charge < -0.3 is 4.98 Å². The molecular formula is C12H5BrClF2N3S. The molecule has 0 radical (unpaired) electrons. The highest BCUT2D eigenvalue weighted by Crippen LogP contribution is 2.26. The number of benzene rings is 1. The zero-order valence-electron chi connectivity index (χ0n) is 9.62. The smallest absolute Gasteiger partial charge is 0.184 e. The van der Waals surface area contributed by atoms with Crippen molar-refractivity contribution in [3.8, 4) is 5.69 Å². The molecule has 2 aromatic heterocycles. The Morgan fingerprint density at radius 2 is 1.90 bits per heavy atom. The van der Waals surface area contributed by atoms with E-state index in [-0.39, 0.29) is 10.5 Å². The van der Waals surface area contributed by atoms with Crippen LogP contribution >= 0.6 is 39.7 Å². The predicted molar refractivity (Wildman–Crippen MR) is 78.9 cm³/mol. The van der Waals surface area contributed by atoms with Crippen molar-refractivity contribution in [3.63, 3.8) is 0 Å². The lowest BCUT2D eigenvalue weighted by Gasteiger charge is -2.07. The molecule has 0 unspecified atom stereocenters. The number of aromatic nitrogens is 3. The third-order valence-electron chi connectivity index (χ3n) is 2.70. The molecule has 0 amide bonds. The summed E-state index contributed by atoms with van der Waals surface area (Å²) in [6.45, 7) is 0. The summed E-state index contributed by atoms with van der Waals surface area (Å²) in [5.74, 6) is -1.49. The second kappa shape index (κ2) is 4.91.